The molecule has 2 N–H and O–H groups in total. The summed E-state index contributed by atoms with van der Waals surface area (Å²) in [6, 6.07) is 3.20. The van der Waals surface area contributed by atoms with E-state index >= 15 is 0 Å². The fourth-order valence-corrected chi connectivity index (χ4v) is 1.87. The lowest BCUT2D eigenvalue weighted by atomic mass is 10.2. The summed E-state index contributed by atoms with van der Waals surface area (Å²) in [5.41, 5.74) is 0.552. The van der Waals surface area contributed by atoms with Crippen LogP contribution >= 0.6 is 11.3 Å². The second-order valence-corrected chi connectivity index (χ2v) is 4.03. The minimum absolute atomic E-state index is 0.166. The molecule has 0 radical (unpaired) electrons. The van der Waals surface area contributed by atoms with Gasteiger partial charge in [-0.3, -0.25) is 4.79 Å². The first-order valence-electron chi connectivity index (χ1n) is 4.28. The Balaban J connectivity index is 2.89. The fourth-order valence-electron chi connectivity index (χ4n) is 1.02. The molecule has 0 aromatic carbocycles. The van der Waals surface area contributed by atoms with E-state index in [2.05, 4.69) is 5.32 Å². The molecule has 1 aromatic rings. The Hall–Kier alpha value is -1.62. The standard InChI is InChI=1S/C10H11NO3S/c1-6(9(12)11-2)5-7-3-4-8(15-7)10(13)14/h3-5H,1-2H3,(H,11,12)(H,13,14)/b6-5-. The van der Waals surface area contributed by atoms with Gasteiger partial charge in [0, 0.05) is 17.5 Å². The van der Waals surface area contributed by atoms with Crippen molar-refractivity contribution in [3.8, 4) is 0 Å². The Bertz CT molecular complexity index is 420. The number of amides is 1. The first-order chi connectivity index (χ1) is 7.04. The van der Waals surface area contributed by atoms with Gasteiger partial charge in [0.15, 0.2) is 0 Å². The Morgan fingerprint density at radius 2 is 2.13 bits per heavy atom. The molecule has 1 heterocycles. The van der Waals surface area contributed by atoms with E-state index in [9.17, 15) is 9.59 Å². The average molecular weight is 225 g/mol. The zero-order valence-electron chi connectivity index (χ0n) is 8.40. The van der Waals surface area contributed by atoms with Crippen molar-refractivity contribution >= 4 is 29.3 Å². The van der Waals surface area contributed by atoms with E-state index in [1.54, 1.807) is 26.1 Å². The predicted octanol–water partition coefficient (Wildman–Crippen LogP) is 1.60. The second-order valence-electron chi connectivity index (χ2n) is 2.91. The van der Waals surface area contributed by atoms with Gasteiger partial charge >= 0.3 is 5.97 Å². The third-order valence-electron chi connectivity index (χ3n) is 1.78. The summed E-state index contributed by atoms with van der Waals surface area (Å²) in [5, 5.41) is 11.2. The van der Waals surface area contributed by atoms with Crippen LogP contribution in [0.5, 0.6) is 0 Å². The maximum absolute atomic E-state index is 11.2. The molecule has 1 rings (SSSR count). The zero-order valence-corrected chi connectivity index (χ0v) is 9.22. The van der Waals surface area contributed by atoms with Crippen molar-refractivity contribution in [1.29, 1.82) is 0 Å². The summed E-state index contributed by atoms with van der Waals surface area (Å²) in [4.78, 5) is 22.8. The van der Waals surface area contributed by atoms with E-state index in [-0.39, 0.29) is 10.8 Å². The Labute approximate surface area is 91.2 Å². The number of aromatic carboxylic acids is 1. The van der Waals surface area contributed by atoms with Gasteiger partial charge in [-0.25, -0.2) is 4.79 Å². The molecule has 0 atom stereocenters. The number of carbonyl (C=O) groups excluding carboxylic acids is 1. The van der Waals surface area contributed by atoms with Crippen molar-refractivity contribution < 1.29 is 14.7 Å². The lowest BCUT2D eigenvalue weighted by molar-refractivity contribution is -0.116. The normalized spacial score (nSPS) is 11.2. The smallest absolute Gasteiger partial charge is 0.345 e. The molecule has 0 aliphatic heterocycles. The van der Waals surface area contributed by atoms with Crippen LogP contribution in [0.25, 0.3) is 6.08 Å². The monoisotopic (exact) mass is 225 g/mol. The van der Waals surface area contributed by atoms with Gasteiger partial charge in [0.1, 0.15) is 4.88 Å². The third kappa shape index (κ3) is 2.92. The maximum Gasteiger partial charge on any atom is 0.345 e. The van der Waals surface area contributed by atoms with E-state index in [0.717, 1.165) is 16.2 Å². The summed E-state index contributed by atoms with van der Waals surface area (Å²) in [6.45, 7) is 1.68. The van der Waals surface area contributed by atoms with Gasteiger partial charge in [-0.15, -0.1) is 11.3 Å². The zero-order chi connectivity index (χ0) is 11.4. The number of carbonyl (C=O) groups is 2. The van der Waals surface area contributed by atoms with E-state index in [1.165, 1.54) is 6.07 Å². The van der Waals surface area contributed by atoms with Crippen LogP contribution in [-0.4, -0.2) is 24.0 Å². The lowest BCUT2D eigenvalue weighted by Gasteiger charge is -1.96. The van der Waals surface area contributed by atoms with Crippen LogP contribution < -0.4 is 5.32 Å². The number of carboxylic acids is 1. The van der Waals surface area contributed by atoms with Gasteiger partial charge in [0.25, 0.3) is 0 Å². The van der Waals surface area contributed by atoms with Gasteiger partial charge in [-0.2, -0.15) is 0 Å². The molecule has 5 heteroatoms. The molecule has 0 fully saturated rings. The first kappa shape index (κ1) is 11.5. The van der Waals surface area contributed by atoms with E-state index in [4.69, 9.17) is 5.11 Å². The third-order valence-corrected chi connectivity index (χ3v) is 2.80. The van der Waals surface area contributed by atoms with Gasteiger partial charge in [0.2, 0.25) is 5.91 Å². The highest BCUT2D eigenvalue weighted by Crippen LogP contribution is 2.19. The first-order valence-corrected chi connectivity index (χ1v) is 5.09. The fraction of sp³-hybridized carbons (Fsp3) is 0.200. The van der Waals surface area contributed by atoms with E-state index < -0.39 is 5.97 Å². The van der Waals surface area contributed by atoms with Crippen LogP contribution in [0.4, 0.5) is 0 Å². The molecule has 0 bridgehead atoms. The number of likely N-dealkylation sites (N-methyl/N-ethyl adjacent to an activating group) is 1. The van der Waals surface area contributed by atoms with Crippen molar-refractivity contribution in [2.75, 3.05) is 7.05 Å². The van der Waals surface area contributed by atoms with E-state index in [0.29, 0.717) is 5.57 Å². The Morgan fingerprint density at radius 3 is 2.60 bits per heavy atom. The maximum atomic E-state index is 11.2. The van der Waals surface area contributed by atoms with Crippen LogP contribution in [0, 0.1) is 0 Å². The molecule has 0 aliphatic rings. The topological polar surface area (TPSA) is 66.4 Å². The number of hydrogen-bond donors (Lipinski definition) is 2. The quantitative estimate of drug-likeness (QED) is 0.768. The van der Waals surface area contributed by atoms with E-state index in [1.807, 2.05) is 0 Å². The molecule has 0 aliphatic carbocycles. The molecule has 80 valence electrons. The number of thiophene rings is 1. The van der Waals surface area contributed by atoms with Crippen molar-refractivity contribution in [3.05, 3.63) is 27.5 Å². The summed E-state index contributed by atoms with van der Waals surface area (Å²) in [5.74, 6) is -1.11. The highest BCUT2D eigenvalue weighted by atomic mass is 32.1. The molecule has 0 saturated heterocycles. The molecule has 15 heavy (non-hydrogen) atoms. The molecule has 1 aromatic heterocycles. The van der Waals surface area contributed by atoms with Crippen molar-refractivity contribution in [2.24, 2.45) is 0 Å². The molecular formula is C10H11NO3S. The van der Waals surface area contributed by atoms with Gasteiger partial charge in [-0.1, -0.05) is 0 Å². The number of hydrogen-bond acceptors (Lipinski definition) is 3. The summed E-state index contributed by atoms with van der Waals surface area (Å²) < 4.78 is 0. The highest BCUT2D eigenvalue weighted by molar-refractivity contribution is 7.14. The minimum atomic E-state index is -0.947. The number of carboxylic acid groups (broad SMARTS) is 1. The van der Waals surface area contributed by atoms with Crippen LogP contribution in [-0.2, 0) is 4.79 Å². The summed E-state index contributed by atoms with van der Waals surface area (Å²) in [7, 11) is 1.55. The number of nitrogens with one attached hydrogen (secondary N) is 1. The average Bonchev–Trinajstić information content (AvgIpc) is 2.65. The summed E-state index contributed by atoms with van der Waals surface area (Å²) >= 11 is 1.14. The van der Waals surface area contributed by atoms with Gasteiger partial charge in [0.05, 0.1) is 0 Å². The Kier molecular flexibility index (Phi) is 3.62. The molecular weight excluding hydrogens is 214 g/mol. The predicted molar refractivity (Wildman–Crippen MR) is 59.0 cm³/mol. The lowest BCUT2D eigenvalue weighted by Crippen LogP contribution is -2.18. The van der Waals surface area contributed by atoms with Crippen molar-refractivity contribution in [2.45, 2.75) is 6.92 Å². The Morgan fingerprint density at radius 1 is 1.47 bits per heavy atom. The van der Waals surface area contributed by atoms with Crippen LogP contribution in [0.3, 0.4) is 0 Å². The highest BCUT2D eigenvalue weighted by Gasteiger charge is 2.06. The second kappa shape index (κ2) is 4.75. The van der Waals surface area contributed by atoms with Gasteiger partial charge in [-0.05, 0) is 25.1 Å². The molecule has 4 nitrogen and oxygen atoms in total. The van der Waals surface area contributed by atoms with Crippen molar-refractivity contribution in [3.63, 3.8) is 0 Å². The van der Waals surface area contributed by atoms with Crippen molar-refractivity contribution in [1.82, 2.24) is 5.32 Å². The van der Waals surface area contributed by atoms with Crippen LogP contribution in [0.1, 0.15) is 21.5 Å². The summed E-state index contributed by atoms with van der Waals surface area (Å²) in [6.07, 6.45) is 1.66. The molecule has 0 spiro atoms. The SMILES string of the molecule is CNC(=O)/C(C)=C\c1ccc(C(=O)O)s1. The molecule has 0 saturated carbocycles. The largest absolute Gasteiger partial charge is 0.477 e. The van der Waals surface area contributed by atoms with Crippen LogP contribution in [0.2, 0.25) is 0 Å². The molecule has 1 amide bonds. The minimum Gasteiger partial charge on any atom is -0.477 e. The van der Waals surface area contributed by atoms with Crippen LogP contribution in [0.15, 0.2) is 17.7 Å². The van der Waals surface area contributed by atoms with Gasteiger partial charge < -0.3 is 10.4 Å². The number of rotatable bonds is 3. The molecule has 0 unspecified atom stereocenters.